The Bertz CT molecular complexity index is 1080. The zero-order chi connectivity index (χ0) is 21.3. The van der Waals surface area contributed by atoms with Crippen LogP contribution in [0.15, 0.2) is 36.4 Å². The summed E-state index contributed by atoms with van der Waals surface area (Å²) in [5.41, 5.74) is 4.55. The van der Waals surface area contributed by atoms with Gasteiger partial charge in [-0.2, -0.15) is 0 Å². The number of benzene rings is 2. The van der Waals surface area contributed by atoms with Crippen LogP contribution in [0.1, 0.15) is 11.1 Å². The van der Waals surface area contributed by atoms with E-state index in [-0.39, 0.29) is 17.7 Å². The van der Waals surface area contributed by atoms with Gasteiger partial charge in [0.25, 0.3) is 5.88 Å². The van der Waals surface area contributed by atoms with Gasteiger partial charge in [-0.15, -0.1) is 0 Å². The molecule has 8 heteroatoms. The number of aromatic nitrogens is 2. The van der Waals surface area contributed by atoms with Crippen molar-refractivity contribution < 1.29 is 13.9 Å². The highest BCUT2D eigenvalue weighted by atomic mass is 19.1. The summed E-state index contributed by atoms with van der Waals surface area (Å²) in [5, 5.41) is 2.77. The maximum Gasteiger partial charge on any atom is 0.323 e. The molecule has 0 bridgehead atoms. The molecule has 0 saturated carbocycles. The summed E-state index contributed by atoms with van der Waals surface area (Å²) in [6.07, 6.45) is 0. The van der Waals surface area contributed by atoms with Gasteiger partial charge in [0.15, 0.2) is 5.82 Å². The van der Waals surface area contributed by atoms with Crippen LogP contribution in [0.2, 0.25) is 0 Å². The third-order valence-electron chi connectivity index (χ3n) is 5.34. The number of amides is 2. The van der Waals surface area contributed by atoms with Crippen molar-refractivity contribution in [3.8, 4) is 5.88 Å². The number of hydrogen-bond acceptors (Lipinski definition) is 5. The monoisotopic (exact) mass is 409 g/mol. The molecule has 0 radical (unpaired) electrons. The summed E-state index contributed by atoms with van der Waals surface area (Å²) in [6, 6.07) is 10.1. The largest absolute Gasteiger partial charge is 0.478 e. The predicted molar refractivity (Wildman–Crippen MR) is 115 cm³/mol. The number of anilines is 2. The molecule has 1 N–H and O–H groups in total. The van der Waals surface area contributed by atoms with Gasteiger partial charge in [-0.05, 0) is 37.1 Å². The Balaban J connectivity index is 1.47. The van der Waals surface area contributed by atoms with E-state index in [9.17, 15) is 9.18 Å². The van der Waals surface area contributed by atoms with Crippen molar-refractivity contribution in [1.82, 2.24) is 14.9 Å². The zero-order valence-electron chi connectivity index (χ0n) is 17.3. The van der Waals surface area contributed by atoms with Crippen molar-refractivity contribution in [2.45, 2.75) is 13.8 Å². The Labute approximate surface area is 174 Å². The Hall–Kier alpha value is -3.42. The number of aryl methyl sites for hydroxylation is 2. The number of hydrogen-bond donors (Lipinski definition) is 1. The number of nitrogens with one attached hydrogen (secondary N) is 1. The number of piperazine rings is 1. The number of urea groups is 1. The van der Waals surface area contributed by atoms with Crippen LogP contribution < -0.4 is 15.0 Å². The van der Waals surface area contributed by atoms with E-state index >= 15 is 0 Å². The second-order valence-electron chi connectivity index (χ2n) is 7.36. The zero-order valence-corrected chi connectivity index (χ0v) is 17.3. The molecule has 7 nitrogen and oxygen atoms in total. The number of halogens is 1. The van der Waals surface area contributed by atoms with Crippen LogP contribution in [0.5, 0.6) is 5.88 Å². The van der Waals surface area contributed by atoms with Gasteiger partial charge in [0.2, 0.25) is 0 Å². The summed E-state index contributed by atoms with van der Waals surface area (Å²) in [5.74, 6) is -0.0451. The van der Waals surface area contributed by atoms with Crippen molar-refractivity contribution in [3.63, 3.8) is 0 Å². The van der Waals surface area contributed by atoms with Crippen molar-refractivity contribution in [1.29, 1.82) is 0 Å². The second-order valence-corrected chi connectivity index (χ2v) is 7.36. The molecule has 2 aromatic carbocycles. The molecule has 0 aliphatic carbocycles. The van der Waals surface area contributed by atoms with Crippen molar-refractivity contribution in [3.05, 3.63) is 53.3 Å². The predicted octanol–water partition coefficient (Wildman–Crippen LogP) is 3.75. The van der Waals surface area contributed by atoms with E-state index in [2.05, 4.69) is 52.2 Å². The van der Waals surface area contributed by atoms with E-state index in [1.807, 2.05) is 0 Å². The van der Waals surface area contributed by atoms with Gasteiger partial charge in [-0.1, -0.05) is 18.2 Å². The Kier molecular flexibility index (Phi) is 5.39. The van der Waals surface area contributed by atoms with Gasteiger partial charge >= 0.3 is 6.03 Å². The highest BCUT2D eigenvalue weighted by Crippen LogP contribution is 2.27. The molecule has 0 unspecified atom stereocenters. The minimum atomic E-state index is -0.415. The topological polar surface area (TPSA) is 70.6 Å². The number of carbonyl (C=O) groups excluding carboxylic acids is 1. The van der Waals surface area contributed by atoms with Crippen molar-refractivity contribution in [2.75, 3.05) is 43.5 Å². The van der Waals surface area contributed by atoms with Crippen LogP contribution in [0.3, 0.4) is 0 Å². The summed E-state index contributed by atoms with van der Waals surface area (Å²) in [4.78, 5) is 25.5. The smallest absolute Gasteiger partial charge is 0.323 e. The summed E-state index contributed by atoms with van der Waals surface area (Å²) in [7, 11) is 1.46. The molecule has 2 amide bonds. The van der Waals surface area contributed by atoms with Gasteiger partial charge in [-0.3, -0.25) is 5.32 Å². The van der Waals surface area contributed by atoms with Crippen molar-refractivity contribution in [2.24, 2.45) is 0 Å². The highest BCUT2D eigenvalue weighted by Gasteiger charge is 2.24. The lowest BCUT2D eigenvalue weighted by atomic mass is 10.1. The molecule has 0 atom stereocenters. The lowest BCUT2D eigenvalue weighted by Gasteiger charge is -2.37. The molecule has 1 aliphatic rings. The quantitative estimate of drug-likeness (QED) is 0.714. The van der Waals surface area contributed by atoms with Gasteiger partial charge in [0, 0.05) is 37.9 Å². The van der Waals surface area contributed by atoms with E-state index in [0.29, 0.717) is 24.1 Å². The van der Waals surface area contributed by atoms with E-state index < -0.39 is 5.82 Å². The molecule has 0 spiro atoms. The first-order valence-electron chi connectivity index (χ1n) is 9.84. The van der Waals surface area contributed by atoms with Crippen LogP contribution in [-0.4, -0.2) is 54.2 Å². The van der Waals surface area contributed by atoms with E-state index in [1.165, 1.54) is 42.1 Å². The molecule has 4 rings (SSSR count). The average molecular weight is 409 g/mol. The molecule has 2 heterocycles. The van der Waals surface area contributed by atoms with Gasteiger partial charge in [0.05, 0.1) is 18.1 Å². The maximum absolute atomic E-state index is 13.5. The van der Waals surface area contributed by atoms with E-state index in [4.69, 9.17) is 4.74 Å². The minimum absolute atomic E-state index is 0.178. The number of rotatable bonds is 3. The number of ether oxygens (including phenoxy) is 1. The first-order valence-corrected chi connectivity index (χ1v) is 9.84. The second kappa shape index (κ2) is 8.14. The molecule has 3 aromatic rings. The SMILES string of the molecule is COc1nc2ccc(F)cc2nc1NC(=O)N1CCN(c2c(C)cccc2C)CC1. The van der Waals surface area contributed by atoms with Crippen LogP contribution >= 0.6 is 0 Å². The lowest BCUT2D eigenvalue weighted by Crippen LogP contribution is -2.50. The van der Waals surface area contributed by atoms with Gasteiger partial charge < -0.3 is 14.5 Å². The molecule has 30 heavy (non-hydrogen) atoms. The highest BCUT2D eigenvalue weighted by molar-refractivity contribution is 5.91. The summed E-state index contributed by atoms with van der Waals surface area (Å²) in [6.45, 7) is 6.86. The standard InChI is InChI=1S/C22H24FN5O2/c1-14-5-4-6-15(2)19(14)27-9-11-28(12-10-27)22(29)26-20-21(30-3)25-17-8-7-16(23)13-18(17)24-20/h4-8,13H,9-12H2,1-3H3,(H,24,26,29). The first-order chi connectivity index (χ1) is 14.5. The van der Waals surface area contributed by atoms with Crippen LogP contribution in [0.4, 0.5) is 20.7 Å². The molecule has 156 valence electrons. The first kappa shape index (κ1) is 19.9. The Morgan fingerprint density at radius 2 is 1.73 bits per heavy atom. The van der Waals surface area contributed by atoms with Crippen molar-refractivity contribution >= 4 is 28.6 Å². The van der Waals surface area contributed by atoms with E-state index in [0.717, 1.165) is 13.1 Å². The number of para-hydroxylation sites is 1. The molecule has 1 aliphatic heterocycles. The maximum atomic E-state index is 13.5. The van der Waals surface area contributed by atoms with Gasteiger partial charge in [-0.25, -0.2) is 19.2 Å². The van der Waals surface area contributed by atoms with Crippen LogP contribution in [-0.2, 0) is 0 Å². The third kappa shape index (κ3) is 3.85. The fourth-order valence-corrected chi connectivity index (χ4v) is 3.85. The van der Waals surface area contributed by atoms with Crippen LogP contribution in [0, 0.1) is 19.7 Å². The number of nitrogens with zero attached hydrogens (tertiary/aromatic N) is 4. The number of methoxy groups -OCH3 is 1. The Morgan fingerprint density at radius 1 is 1.03 bits per heavy atom. The molecule has 1 saturated heterocycles. The van der Waals surface area contributed by atoms with Crippen LogP contribution in [0.25, 0.3) is 11.0 Å². The fraction of sp³-hybridized carbons (Fsp3) is 0.318. The minimum Gasteiger partial charge on any atom is -0.478 e. The van der Waals surface area contributed by atoms with E-state index in [1.54, 1.807) is 4.90 Å². The molecule has 1 aromatic heterocycles. The summed E-state index contributed by atoms with van der Waals surface area (Å²) < 4.78 is 18.8. The normalized spacial score (nSPS) is 14.1. The molecular formula is C22H24FN5O2. The van der Waals surface area contributed by atoms with Gasteiger partial charge in [0.1, 0.15) is 5.82 Å². The third-order valence-corrected chi connectivity index (χ3v) is 5.34. The molecule has 1 fully saturated rings. The number of fused-ring (bicyclic) bond motifs is 1. The summed E-state index contributed by atoms with van der Waals surface area (Å²) >= 11 is 0. The number of carbonyl (C=O) groups is 1. The lowest BCUT2D eigenvalue weighted by molar-refractivity contribution is 0.208. The average Bonchev–Trinajstić information content (AvgIpc) is 2.73. The molecular weight excluding hydrogens is 385 g/mol. The fourth-order valence-electron chi connectivity index (χ4n) is 3.85. The Morgan fingerprint density at radius 3 is 2.40 bits per heavy atom.